The van der Waals surface area contributed by atoms with E-state index < -0.39 is 11.5 Å². The SMILES string of the molecule is CC1CCCC(NC(=O)C2CC=CCC2)(C(=O)O)C1. The summed E-state index contributed by atoms with van der Waals surface area (Å²) in [4.78, 5) is 23.9. The zero-order valence-corrected chi connectivity index (χ0v) is 11.5. The monoisotopic (exact) mass is 265 g/mol. The van der Waals surface area contributed by atoms with Gasteiger partial charge < -0.3 is 10.4 Å². The number of carbonyl (C=O) groups is 2. The van der Waals surface area contributed by atoms with Gasteiger partial charge in [0.05, 0.1) is 0 Å². The zero-order valence-electron chi connectivity index (χ0n) is 11.5. The van der Waals surface area contributed by atoms with Crippen LogP contribution in [-0.4, -0.2) is 22.5 Å². The van der Waals surface area contributed by atoms with Gasteiger partial charge >= 0.3 is 5.97 Å². The van der Waals surface area contributed by atoms with E-state index in [4.69, 9.17) is 0 Å². The topological polar surface area (TPSA) is 66.4 Å². The van der Waals surface area contributed by atoms with Gasteiger partial charge in [0.15, 0.2) is 0 Å². The lowest BCUT2D eigenvalue weighted by Crippen LogP contribution is -2.58. The average Bonchev–Trinajstić information content (AvgIpc) is 2.39. The molecule has 1 fully saturated rings. The number of hydrogen-bond acceptors (Lipinski definition) is 2. The lowest BCUT2D eigenvalue weighted by Gasteiger charge is -2.38. The quantitative estimate of drug-likeness (QED) is 0.770. The number of carbonyl (C=O) groups excluding carboxylic acids is 1. The summed E-state index contributed by atoms with van der Waals surface area (Å²) in [6.45, 7) is 2.06. The molecule has 0 aliphatic heterocycles. The number of carboxylic acid groups (broad SMARTS) is 1. The first-order valence-corrected chi connectivity index (χ1v) is 7.24. The standard InChI is InChI=1S/C15H23NO3/c1-11-6-5-9-15(10-11,14(18)19)16-13(17)12-7-3-2-4-8-12/h2-3,11-12H,4-10H2,1H3,(H,16,17)(H,18,19). The van der Waals surface area contributed by atoms with E-state index >= 15 is 0 Å². The van der Waals surface area contributed by atoms with Crippen molar-refractivity contribution >= 4 is 11.9 Å². The van der Waals surface area contributed by atoms with E-state index in [0.717, 1.165) is 32.1 Å². The molecule has 1 saturated carbocycles. The van der Waals surface area contributed by atoms with Gasteiger partial charge in [-0.3, -0.25) is 4.79 Å². The number of aliphatic carboxylic acids is 1. The first-order chi connectivity index (χ1) is 9.03. The molecular weight excluding hydrogens is 242 g/mol. The number of nitrogens with one attached hydrogen (secondary N) is 1. The van der Waals surface area contributed by atoms with Gasteiger partial charge in [-0.1, -0.05) is 31.9 Å². The summed E-state index contributed by atoms with van der Waals surface area (Å²) in [6.07, 6.45) is 9.61. The van der Waals surface area contributed by atoms with Crippen molar-refractivity contribution in [2.24, 2.45) is 11.8 Å². The number of hydrogen-bond donors (Lipinski definition) is 2. The molecule has 0 aromatic rings. The third kappa shape index (κ3) is 3.17. The molecule has 4 heteroatoms. The Labute approximate surface area is 114 Å². The van der Waals surface area contributed by atoms with Crippen molar-refractivity contribution in [3.8, 4) is 0 Å². The molecule has 2 aliphatic rings. The fraction of sp³-hybridized carbons (Fsp3) is 0.733. The van der Waals surface area contributed by atoms with Gasteiger partial charge in [0.1, 0.15) is 5.54 Å². The highest BCUT2D eigenvalue weighted by Gasteiger charge is 2.43. The minimum absolute atomic E-state index is 0.0570. The number of amides is 1. The minimum atomic E-state index is -1.03. The third-order valence-corrected chi connectivity index (χ3v) is 4.41. The van der Waals surface area contributed by atoms with Crippen LogP contribution < -0.4 is 5.32 Å². The Morgan fingerprint density at radius 3 is 2.68 bits per heavy atom. The van der Waals surface area contributed by atoms with Crippen LogP contribution in [0, 0.1) is 11.8 Å². The van der Waals surface area contributed by atoms with Crippen molar-refractivity contribution < 1.29 is 14.7 Å². The molecule has 0 heterocycles. The predicted octanol–water partition coefficient (Wildman–Crippen LogP) is 2.49. The molecule has 106 valence electrons. The van der Waals surface area contributed by atoms with Crippen LogP contribution in [0.15, 0.2) is 12.2 Å². The van der Waals surface area contributed by atoms with Crippen LogP contribution in [0.2, 0.25) is 0 Å². The Hall–Kier alpha value is -1.32. The maximum Gasteiger partial charge on any atom is 0.329 e. The van der Waals surface area contributed by atoms with Gasteiger partial charge in [0, 0.05) is 5.92 Å². The van der Waals surface area contributed by atoms with E-state index in [1.165, 1.54) is 0 Å². The summed E-state index contributed by atoms with van der Waals surface area (Å²) >= 11 is 0. The summed E-state index contributed by atoms with van der Waals surface area (Å²) in [5, 5.41) is 12.4. The highest BCUT2D eigenvalue weighted by molar-refractivity contribution is 5.88. The average molecular weight is 265 g/mol. The summed E-state index contributed by atoms with van der Waals surface area (Å²) < 4.78 is 0. The molecule has 2 rings (SSSR count). The number of rotatable bonds is 3. The van der Waals surface area contributed by atoms with Crippen molar-refractivity contribution in [1.82, 2.24) is 5.32 Å². The van der Waals surface area contributed by atoms with Gasteiger partial charge in [0.25, 0.3) is 0 Å². The molecule has 0 radical (unpaired) electrons. The molecule has 2 aliphatic carbocycles. The van der Waals surface area contributed by atoms with Crippen LogP contribution in [0.25, 0.3) is 0 Å². The number of allylic oxidation sites excluding steroid dienone is 2. The minimum Gasteiger partial charge on any atom is -0.480 e. The summed E-state index contributed by atoms with van der Waals surface area (Å²) in [6, 6.07) is 0. The van der Waals surface area contributed by atoms with Crippen LogP contribution >= 0.6 is 0 Å². The maximum absolute atomic E-state index is 12.3. The van der Waals surface area contributed by atoms with Crippen molar-refractivity contribution in [1.29, 1.82) is 0 Å². The first-order valence-electron chi connectivity index (χ1n) is 7.24. The van der Waals surface area contributed by atoms with E-state index in [-0.39, 0.29) is 11.8 Å². The molecule has 4 nitrogen and oxygen atoms in total. The van der Waals surface area contributed by atoms with Crippen LogP contribution in [-0.2, 0) is 9.59 Å². The molecule has 3 atom stereocenters. The number of carboxylic acids is 1. The van der Waals surface area contributed by atoms with Crippen LogP contribution in [0.1, 0.15) is 51.9 Å². The largest absolute Gasteiger partial charge is 0.480 e. The van der Waals surface area contributed by atoms with E-state index in [9.17, 15) is 14.7 Å². The summed E-state index contributed by atoms with van der Waals surface area (Å²) in [5.74, 6) is -0.658. The Morgan fingerprint density at radius 1 is 1.32 bits per heavy atom. The van der Waals surface area contributed by atoms with Gasteiger partial charge in [-0.2, -0.15) is 0 Å². The van der Waals surface area contributed by atoms with Crippen LogP contribution in [0.4, 0.5) is 0 Å². The molecular formula is C15H23NO3. The molecule has 2 N–H and O–H groups in total. The Balaban J connectivity index is 2.06. The van der Waals surface area contributed by atoms with Crippen molar-refractivity contribution in [2.75, 3.05) is 0 Å². The molecule has 1 amide bonds. The third-order valence-electron chi connectivity index (χ3n) is 4.41. The van der Waals surface area contributed by atoms with Gasteiger partial charge in [0.2, 0.25) is 5.91 Å². The van der Waals surface area contributed by atoms with Crippen LogP contribution in [0.5, 0.6) is 0 Å². The summed E-state index contributed by atoms with van der Waals surface area (Å²) in [5.41, 5.74) is -1.03. The highest BCUT2D eigenvalue weighted by Crippen LogP contribution is 2.33. The molecule has 0 bridgehead atoms. The van der Waals surface area contributed by atoms with E-state index in [0.29, 0.717) is 18.8 Å². The molecule has 0 aromatic heterocycles. The Kier molecular flexibility index (Phi) is 4.27. The molecule has 0 saturated heterocycles. The van der Waals surface area contributed by atoms with Crippen molar-refractivity contribution in [3.63, 3.8) is 0 Å². The van der Waals surface area contributed by atoms with Gasteiger partial charge in [-0.15, -0.1) is 0 Å². The van der Waals surface area contributed by atoms with Crippen molar-refractivity contribution in [2.45, 2.75) is 57.4 Å². The Bertz CT molecular complexity index is 391. The zero-order chi connectivity index (χ0) is 13.9. The van der Waals surface area contributed by atoms with Crippen molar-refractivity contribution in [3.05, 3.63) is 12.2 Å². The van der Waals surface area contributed by atoms with Gasteiger partial charge in [-0.25, -0.2) is 4.79 Å². The van der Waals surface area contributed by atoms with Crippen LogP contribution in [0.3, 0.4) is 0 Å². The second-order valence-corrected chi connectivity index (χ2v) is 6.06. The van der Waals surface area contributed by atoms with E-state index in [2.05, 4.69) is 18.3 Å². The van der Waals surface area contributed by atoms with E-state index in [1.807, 2.05) is 6.08 Å². The fourth-order valence-corrected chi connectivity index (χ4v) is 3.28. The second kappa shape index (κ2) is 5.76. The second-order valence-electron chi connectivity index (χ2n) is 6.06. The molecule has 0 spiro atoms. The van der Waals surface area contributed by atoms with Gasteiger partial charge in [-0.05, 0) is 38.0 Å². The predicted molar refractivity (Wildman–Crippen MR) is 72.6 cm³/mol. The fourth-order valence-electron chi connectivity index (χ4n) is 3.28. The van der Waals surface area contributed by atoms with E-state index in [1.54, 1.807) is 0 Å². The lowest BCUT2D eigenvalue weighted by atomic mass is 9.76. The highest BCUT2D eigenvalue weighted by atomic mass is 16.4. The maximum atomic E-state index is 12.3. The lowest BCUT2D eigenvalue weighted by molar-refractivity contribution is -0.150. The molecule has 19 heavy (non-hydrogen) atoms. The molecule has 3 unspecified atom stereocenters. The molecule has 0 aromatic carbocycles. The first kappa shape index (κ1) is 14.1. The smallest absolute Gasteiger partial charge is 0.329 e. The Morgan fingerprint density at radius 2 is 2.11 bits per heavy atom. The summed E-state index contributed by atoms with van der Waals surface area (Å²) in [7, 11) is 0. The normalized spacial score (nSPS) is 34.8.